The highest BCUT2D eigenvalue weighted by molar-refractivity contribution is 5.68. The Balaban J connectivity index is 2.96. The molecule has 0 saturated carbocycles. The molecule has 0 unspecified atom stereocenters. The summed E-state index contributed by atoms with van der Waals surface area (Å²) in [5, 5.41) is 2.25. The van der Waals surface area contributed by atoms with E-state index in [1.165, 1.54) is 6.08 Å². The molecule has 0 bridgehead atoms. The second-order valence-corrected chi connectivity index (χ2v) is 6.44. The van der Waals surface area contributed by atoms with Gasteiger partial charge in [-0.15, -0.1) is 0 Å². The Bertz CT molecular complexity index is 619. The molecule has 0 aliphatic rings. The molecule has 1 amide bonds. The number of aldehydes is 1. The number of nitrogens with one attached hydrogen (secondary N) is 1. The average Bonchev–Trinajstić information content (AvgIpc) is 2.50. The summed E-state index contributed by atoms with van der Waals surface area (Å²) < 4.78 is 34.1. The van der Waals surface area contributed by atoms with Crippen molar-refractivity contribution in [2.45, 2.75) is 44.8 Å². The largest absolute Gasteiger partial charge is 0.444 e. The van der Waals surface area contributed by atoms with E-state index < -0.39 is 23.7 Å². The van der Waals surface area contributed by atoms with Crippen LogP contribution in [0.5, 0.6) is 0 Å². The standard InChI is InChI=1S/C19H23F2NO3/c1-18(2,3)25-17(24)22-16(14-15-10-6-4-7-11-15)19(20,21)12-8-5-9-13-23/h4-13,16H,14H2,1-3H3,(H,22,24)/b9-5+,12-8+/t16-/m0/s1. The Morgan fingerprint density at radius 2 is 1.80 bits per heavy atom. The zero-order valence-electron chi connectivity index (χ0n) is 14.5. The molecule has 0 saturated heterocycles. The van der Waals surface area contributed by atoms with Crippen molar-refractivity contribution >= 4 is 12.4 Å². The minimum Gasteiger partial charge on any atom is -0.444 e. The van der Waals surface area contributed by atoms with Crippen LogP contribution in [0.25, 0.3) is 0 Å². The highest BCUT2D eigenvalue weighted by atomic mass is 19.3. The van der Waals surface area contributed by atoms with Crippen LogP contribution in [0.2, 0.25) is 0 Å². The Hall–Kier alpha value is -2.50. The first-order chi connectivity index (χ1) is 11.6. The Morgan fingerprint density at radius 3 is 2.36 bits per heavy atom. The third-order valence-electron chi connectivity index (χ3n) is 3.06. The van der Waals surface area contributed by atoms with Crippen LogP contribution in [0.15, 0.2) is 54.6 Å². The van der Waals surface area contributed by atoms with Gasteiger partial charge in [-0.25, -0.2) is 4.79 Å². The lowest BCUT2D eigenvalue weighted by Gasteiger charge is -2.27. The molecule has 4 nitrogen and oxygen atoms in total. The van der Waals surface area contributed by atoms with Crippen LogP contribution >= 0.6 is 0 Å². The number of rotatable bonds is 7. The predicted molar refractivity (Wildman–Crippen MR) is 92.6 cm³/mol. The Morgan fingerprint density at radius 1 is 1.16 bits per heavy atom. The van der Waals surface area contributed by atoms with Crippen LogP contribution < -0.4 is 5.32 Å². The maximum atomic E-state index is 14.5. The molecular formula is C19H23F2NO3. The van der Waals surface area contributed by atoms with Crippen molar-refractivity contribution in [2.24, 2.45) is 0 Å². The first-order valence-electron chi connectivity index (χ1n) is 7.85. The van der Waals surface area contributed by atoms with Crippen molar-refractivity contribution in [1.82, 2.24) is 5.32 Å². The van der Waals surface area contributed by atoms with Gasteiger partial charge in [0.25, 0.3) is 5.92 Å². The number of allylic oxidation sites excluding steroid dienone is 3. The molecule has 6 heteroatoms. The molecular weight excluding hydrogens is 328 g/mol. The number of carbonyl (C=O) groups excluding carboxylic acids is 2. The lowest BCUT2D eigenvalue weighted by atomic mass is 10.00. The van der Waals surface area contributed by atoms with Gasteiger partial charge in [0.05, 0.1) is 0 Å². The van der Waals surface area contributed by atoms with Crippen LogP contribution in [-0.2, 0) is 16.0 Å². The maximum Gasteiger partial charge on any atom is 0.408 e. The second-order valence-electron chi connectivity index (χ2n) is 6.44. The molecule has 25 heavy (non-hydrogen) atoms. The lowest BCUT2D eigenvalue weighted by molar-refractivity contribution is -0.104. The molecule has 0 fully saturated rings. The summed E-state index contributed by atoms with van der Waals surface area (Å²) in [6, 6.07) is 7.17. The molecule has 0 radical (unpaired) electrons. The zero-order chi connectivity index (χ0) is 18.9. The van der Waals surface area contributed by atoms with Gasteiger partial charge in [0.2, 0.25) is 0 Å². The molecule has 1 atom stereocenters. The molecule has 136 valence electrons. The summed E-state index contributed by atoms with van der Waals surface area (Å²) in [5.74, 6) is -3.33. The fourth-order valence-electron chi connectivity index (χ4n) is 1.99. The highest BCUT2D eigenvalue weighted by Crippen LogP contribution is 2.24. The van der Waals surface area contributed by atoms with E-state index in [0.717, 1.165) is 12.2 Å². The second kappa shape index (κ2) is 9.11. The molecule has 0 aliphatic heterocycles. The van der Waals surface area contributed by atoms with Gasteiger partial charge in [-0.3, -0.25) is 4.79 Å². The molecule has 0 aliphatic carbocycles. The third kappa shape index (κ3) is 8.24. The predicted octanol–water partition coefficient (Wildman–Crippen LogP) is 4.07. The summed E-state index contributed by atoms with van der Waals surface area (Å²) in [5.41, 5.74) is -0.140. The number of hydrogen-bond acceptors (Lipinski definition) is 3. The molecule has 0 heterocycles. The van der Waals surface area contributed by atoms with Crippen LogP contribution in [0, 0.1) is 0 Å². The minimum atomic E-state index is -3.33. The molecule has 0 aromatic heterocycles. The van der Waals surface area contributed by atoms with E-state index in [1.54, 1.807) is 51.1 Å². The van der Waals surface area contributed by atoms with E-state index in [2.05, 4.69) is 5.32 Å². The quantitative estimate of drug-likeness (QED) is 0.458. The summed E-state index contributed by atoms with van der Waals surface area (Å²) >= 11 is 0. The molecule has 1 rings (SSSR count). The third-order valence-corrected chi connectivity index (χ3v) is 3.06. The molecule has 1 aromatic rings. The maximum absolute atomic E-state index is 14.5. The van der Waals surface area contributed by atoms with Crippen molar-refractivity contribution < 1.29 is 23.1 Å². The van der Waals surface area contributed by atoms with Gasteiger partial charge in [0.1, 0.15) is 17.9 Å². The number of amides is 1. The summed E-state index contributed by atoms with van der Waals surface area (Å²) in [6.45, 7) is 4.96. The van der Waals surface area contributed by atoms with Crippen molar-refractivity contribution in [3.05, 3.63) is 60.2 Å². The topological polar surface area (TPSA) is 55.4 Å². The summed E-state index contributed by atoms with van der Waals surface area (Å²) in [7, 11) is 0. The van der Waals surface area contributed by atoms with E-state index in [1.807, 2.05) is 0 Å². The lowest BCUT2D eigenvalue weighted by Crippen LogP contribution is -2.49. The van der Waals surface area contributed by atoms with Crippen molar-refractivity contribution in [3.8, 4) is 0 Å². The SMILES string of the molecule is CC(C)(C)OC(=O)N[C@@H](Cc1ccccc1)C(F)(F)/C=C/C=C/C=O. The molecule has 0 spiro atoms. The fraction of sp³-hybridized carbons (Fsp3) is 0.368. The van der Waals surface area contributed by atoms with E-state index >= 15 is 0 Å². The van der Waals surface area contributed by atoms with Gasteiger partial charge in [-0.05, 0) is 44.9 Å². The minimum absolute atomic E-state index is 0.0746. The van der Waals surface area contributed by atoms with E-state index in [-0.39, 0.29) is 6.42 Å². The normalized spacial score (nSPS) is 13.8. The fourth-order valence-corrected chi connectivity index (χ4v) is 1.99. The van der Waals surface area contributed by atoms with Crippen LogP contribution in [0.4, 0.5) is 13.6 Å². The zero-order valence-corrected chi connectivity index (χ0v) is 14.5. The summed E-state index contributed by atoms with van der Waals surface area (Å²) in [4.78, 5) is 22.1. The van der Waals surface area contributed by atoms with Crippen LogP contribution in [0.3, 0.4) is 0 Å². The van der Waals surface area contributed by atoms with E-state index in [0.29, 0.717) is 17.9 Å². The van der Waals surface area contributed by atoms with Gasteiger partial charge < -0.3 is 10.1 Å². The number of halogens is 2. The van der Waals surface area contributed by atoms with Crippen molar-refractivity contribution in [2.75, 3.05) is 0 Å². The number of alkyl halides is 2. The number of hydrogen-bond donors (Lipinski definition) is 1. The van der Waals surface area contributed by atoms with E-state index in [9.17, 15) is 18.4 Å². The smallest absolute Gasteiger partial charge is 0.408 e. The van der Waals surface area contributed by atoms with Crippen LogP contribution in [-0.4, -0.2) is 29.9 Å². The average molecular weight is 351 g/mol. The van der Waals surface area contributed by atoms with Crippen LogP contribution in [0.1, 0.15) is 26.3 Å². The number of benzene rings is 1. The molecule has 1 N–H and O–H groups in total. The van der Waals surface area contributed by atoms with Gasteiger partial charge in [-0.2, -0.15) is 8.78 Å². The van der Waals surface area contributed by atoms with Gasteiger partial charge in [-0.1, -0.05) is 42.5 Å². The van der Waals surface area contributed by atoms with E-state index in [4.69, 9.17) is 4.74 Å². The van der Waals surface area contributed by atoms with Gasteiger partial charge >= 0.3 is 6.09 Å². The number of alkyl carbamates (subject to hydrolysis) is 1. The van der Waals surface area contributed by atoms with Gasteiger partial charge in [0, 0.05) is 0 Å². The molecule has 1 aromatic carbocycles. The Labute approximate surface area is 146 Å². The van der Waals surface area contributed by atoms with Crippen molar-refractivity contribution in [3.63, 3.8) is 0 Å². The summed E-state index contributed by atoms with van der Waals surface area (Å²) in [6.07, 6.45) is 3.53. The first-order valence-corrected chi connectivity index (χ1v) is 7.85. The first kappa shape index (κ1) is 20.5. The Kier molecular flexibility index (Phi) is 7.48. The number of carbonyl (C=O) groups is 2. The number of ether oxygens (including phenoxy) is 1. The van der Waals surface area contributed by atoms with Crippen molar-refractivity contribution in [1.29, 1.82) is 0 Å². The monoisotopic (exact) mass is 351 g/mol. The van der Waals surface area contributed by atoms with Gasteiger partial charge in [0.15, 0.2) is 0 Å². The highest BCUT2D eigenvalue weighted by Gasteiger charge is 2.38.